The van der Waals surface area contributed by atoms with Crippen LogP contribution in [0.2, 0.25) is 0 Å². The number of benzene rings is 2. The maximum absolute atomic E-state index is 6.23. The van der Waals surface area contributed by atoms with Crippen LogP contribution in [0.3, 0.4) is 0 Å². The molecule has 0 saturated carbocycles. The summed E-state index contributed by atoms with van der Waals surface area (Å²) in [6.07, 6.45) is 1.61. The van der Waals surface area contributed by atoms with Gasteiger partial charge in [-0.15, -0.1) is 0 Å². The lowest BCUT2D eigenvalue weighted by Gasteiger charge is -2.34. The largest absolute Gasteiger partial charge is 0.449 e. The van der Waals surface area contributed by atoms with Gasteiger partial charge in [0.05, 0.1) is 17.1 Å². The van der Waals surface area contributed by atoms with Crippen molar-refractivity contribution in [2.24, 2.45) is 0 Å². The number of rotatable bonds is 1. The maximum atomic E-state index is 6.23. The van der Waals surface area contributed by atoms with E-state index in [1.54, 1.807) is 6.33 Å². The maximum Gasteiger partial charge on any atom is 0.191 e. The molecule has 2 heterocycles. The van der Waals surface area contributed by atoms with E-state index in [2.05, 4.69) is 86.7 Å². The number of hydrogen-bond acceptors (Lipinski definition) is 4. The van der Waals surface area contributed by atoms with Crippen molar-refractivity contribution in [1.82, 2.24) is 9.97 Å². The zero-order chi connectivity index (χ0) is 20.2. The highest BCUT2D eigenvalue weighted by molar-refractivity contribution is 5.87. The third kappa shape index (κ3) is 2.93. The van der Waals surface area contributed by atoms with Gasteiger partial charge in [-0.2, -0.15) is 0 Å². The Hall–Kier alpha value is -2.88. The summed E-state index contributed by atoms with van der Waals surface area (Å²) in [4.78, 5) is 11.2. The second-order valence-electron chi connectivity index (χ2n) is 8.73. The highest BCUT2D eigenvalue weighted by atomic mass is 16.5. The zero-order valence-corrected chi connectivity index (χ0v) is 17.7. The van der Waals surface area contributed by atoms with Crippen LogP contribution in [0, 0.1) is 27.7 Å². The molecule has 28 heavy (non-hydrogen) atoms. The van der Waals surface area contributed by atoms with Crippen LogP contribution in [0.4, 0.5) is 17.2 Å². The van der Waals surface area contributed by atoms with Crippen molar-refractivity contribution in [2.75, 3.05) is 4.90 Å². The molecule has 0 N–H and O–H groups in total. The minimum atomic E-state index is 0.102. The molecule has 4 rings (SSSR count). The van der Waals surface area contributed by atoms with Gasteiger partial charge in [-0.25, -0.2) is 9.97 Å². The van der Waals surface area contributed by atoms with Crippen molar-refractivity contribution in [2.45, 2.75) is 53.9 Å². The van der Waals surface area contributed by atoms with Crippen molar-refractivity contribution >= 4 is 17.2 Å². The molecular formula is C24H27N3O. The molecule has 0 radical (unpaired) electrons. The van der Waals surface area contributed by atoms with E-state index in [-0.39, 0.29) is 5.41 Å². The van der Waals surface area contributed by atoms with Crippen molar-refractivity contribution in [3.63, 3.8) is 0 Å². The lowest BCUT2D eigenvalue weighted by Crippen LogP contribution is -2.21. The van der Waals surface area contributed by atoms with Gasteiger partial charge in [0, 0.05) is 0 Å². The topological polar surface area (TPSA) is 38.3 Å². The van der Waals surface area contributed by atoms with Gasteiger partial charge in [0.1, 0.15) is 6.33 Å². The second-order valence-corrected chi connectivity index (χ2v) is 8.73. The van der Waals surface area contributed by atoms with E-state index in [0.717, 1.165) is 39.9 Å². The fraction of sp³-hybridized carbons (Fsp3) is 0.333. The van der Waals surface area contributed by atoms with E-state index < -0.39 is 0 Å². The smallest absolute Gasteiger partial charge is 0.191 e. The molecule has 0 fully saturated rings. The number of anilines is 3. The Labute approximate surface area is 167 Å². The monoisotopic (exact) mass is 373 g/mol. The molecular weight excluding hydrogens is 346 g/mol. The van der Waals surface area contributed by atoms with Crippen LogP contribution in [-0.2, 0) is 5.41 Å². The van der Waals surface area contributed by atoms with Crippen LogP contribution in [0.15, 0.2) is 36.7 Å². The average Bonchev–Trinajstić information content (AvgIpc) is 2.60. The summed E-state index contributed by atoms with van der Waals surface area (Å²) in [5.74, 6) is 2.35. The first kappa shape index (κ1) is 18.5. The molecule has 3 aromatic rings. The zero-order valence-electron chi connectivity index (χ0n) is 17.7. The molecule has 4 nitrogen and oxygen atoms in total. The van der Waals surface area contributed by atoms with Gasteiger partial charge in [-0.3, -0.25) is 4.90 Å². The summed E-state index contributed by atoms with van der Waals surface area (Å²) < 4.78 is 6.23. The number of aromatic nitrogens is 2. The van der Waals surface area contributed by atoms with Gasteiger partial charge >= 0.3 is 0 Å². The summed E-state index contributed by atoms with van der Waals surface area (Å²) in [6.45, 7) is 15.1. The summed E-state index contributed by atoms with van der Waals surface area (Å²) in [6, 6.07) is 10.9. The van der Waals surface area contributed by atoms with Crippen molar-refractivity contribution in [3.8, 4) is 11.5 Å². The Kier molecular flexibility index (Phi) is 4.18. The van der Waals surface area contributed by atoms with Crippen LogP contribution in [0.1, 0.15) is 48.7 Å². The van der Waals surface area contributed by atoms with Crippen LogP contribution in [0.25, 0.3) is 0 Å². The van der Waals surface area contributed by atoms with E-state index in [9.17, 15) is 0 Å². The van der Waals surface area contributed by atoms with Gasteiger partial charge in [-0.1, -0.05) is 39.0 Å². The number of fused-ring (bicyclic) bond motifs is 2. The van der Waals surface area contributed by atoms with Crippen LogP contribution >= 0.6 is 0 Å². The summed E-state index contributed by atoms with van der Waals surface area (Å²) in [5.41, 5.74) is 8.04. The quantitative estimate of drug-likeness (QED) is 0.377. The molecule has 144 valence electrons. The summed E-state index contributed by atoms with van der Waals surface area (Å²) >= 11 is 0. The van der Waals surface area contributed by atoms with Gasteiger partial charge in [-0.05, 0) is 67.5 Å². The first-order valence-electron chi connectivity index (χ1n) is 9.69. The standard InChI is InChI=1S/C24H27N3O/c1-14-8-9-19-20(10-14)28-22-17(4)25-13-26-23(22)27(19)21-15(2)11-18(12-16(21)3)24(5,6)7/h8-13H,1-7H3. The lowest BCUT2D eigenvalue weighted by atomic mass is 9.84. The average molecular weight is 374 g/mol. The van der Waals surface area contributed by atoms with E-state index in [0.29, 0.717) is 0 Å². The number of aryl methyl sites for hydroxylation is 4. The third-order valence-electron chi connectivity index (χ3n) is 5.32. The first-order valence-corrected chi connectivity index (χ1v) is 9.69. The summed E-state index contributed by atoms with van der Waals surface area (Å²) in [7, 11) is 0. The van der Waals surface area contributed by atoms with E-state index in [1.165, 1.54) is 16.7 Å². The van der Waals surface area contributed by atoms with E-state index in [4.69, 9.17) is 4.74 Å². The minimum absolute atomic E-state index is 0.102. The van der Waals surface area contributed by atoms with Crippen LogP contribution in [0.5, 0.6) is 11.5 Å². The Morgan fingerprint density at radius 1 is 0.893 bits per heavy atom. The van der Waals surface area contributed by atoms with Gasteiger partial charge in [0.15, 0.2) is 17.3 Å². The molecule has 0 saturated heterocycles. The minimum Gasteiger partial charge on any atom is -0.449 e. The molecule has 2 aromatic carbocycles. The number of nitrogens with zero attached hydrogens (tertiary/aromatic N) is 3. The lowest BCUT2D eigenvalue weighted by molar-refractivity contribution is 0.466. The third-order valence-corrected chi connectivity index (χ3v) is 5.32. The molecule has 1 aromatic heterocycles. The molecule has 0 atom stereocenters. The molecule has 0 amide bonds. The second kappa shape index (κ2) is 6.33. The van der Waals surface area contributed by atoms with E-state index >= 15 is 0 Å². The fourth-order valence-electron chi connectivity index (χ4n) is 3.81. The van der Waals surface area contributed by atoms with Crippen molar-refractivity contribution in [1.29, 1.82) is 0 Å². The highest BCUT2D eigenvalue weighted by Gasteiger charge is 2.31. The normalized spacial score (nSPS) is 13.0. The predicted molar refractivity (Wildman–Crippen MR) is 114 cm³/mol. The van der Waals surface area contributed by atoms with Crippen molar-refractivity contribution in [3.05, 3.63) is 64.6 Å². The number of ether oxygens (including phenoxy) is 1. The molecule has 0 bridgehead atoms. The molecule has 1 aliphatic rings. The number of hydrogen-bond donors (Lipinski definition) is 0. The van der Waals surface area contributed by atoms with Gasteiger partial charge in [0.2, 0.25) is 0 Å². The predicted octanol–water partition coefficient (Wildman–Crippen LogP) is 6.58. The SMILES string of the molecule is Cc1ccc2c(c1)Oc1c(C)ncnc1N2c1c(C)cc(C(C)(C)C)cc1C. The fourth-order valence-corrected chi connectivity index (χ4v) is 3.81. The molecule has 0 unspecified atom stereocenters. The van der Waals surface area contributed by atoms with Crippen molar-refractivity contribution < 1.29 is 4.74 Å². The van der Waals surface area contributed by atoms with Gasteiger partial charge < -0.3 is 4.74 Å². The molecule has 1 aliphatic heterocycles. The molecule has 0 aliphatic carbocycles. The van der Waals surface area contributed by atoms with Crippen LogP contribution < -0.4 is 9.64 Å². The summed E-state index contributed by atoms with van der Waals surface area (Å²) in [5, 5.41) is 0. The van der Waals surface area contributed by atoms with E-state index in [1.807, 2.05) is 6.92 Å². The Morgan fingerprint density at radius 3 is 2.21 bits per heavy atom. The highest BCUT2D eigenvalue weighted by Crippen LogP contribution is 2.51. The Morgan fingerprint density at radius 2 is 1.57 bits per heavy atom. The Bertz CT molecular complexity index is 1060. The van der Waals surface area contributed by atoms with Gasteiger partial charge in [0.25, 0.3) is 0 Å². The molecule has 4 heteroatoms. The first-order chi connectivity index (χ1) is 13.2. The Balaban J connectivity index is 2.00. The van der Waals surface area contributed by atoms with Crippen LogP contribution in [-0.4, -0.2) is 9.97 Å². The molecule has 0 spiro atoms.